The normalized spacial score (nSPS) is 14.5. The zero-order chi connectivity index (χ0) is 16.3. The number of phenolic OH excluding ortho intramolecular Hbond substituents is 2. The van der Waals surface area contributed by atoms with E-state index in [0.717, 1.165) is 22.3 Å². The van der Waals surface area contributed by atoms with Gasteiger partial charge in [-0.2, -0.15) is 0 Å². The number of ketones is 2. The second-order valence-corrected chi connectivity index (χ2v) is 6.04. The van der Waals surface area contributed by atoms with Crippen LogP contribution in [0.15, 0.2) is 0 Å². The first-order valence-corrected chi connectivity index (χ1v) is 7.31. The van der Waals surface area contributed by atoms with Gasteiger partial charge in [0.1, 0.15) is 11.5 Å². The maximum atomic E-state index is 12.2. The van der Waals surface area contributed by atoms with Gasteiger partial charge in [-0.05, 0) is 49.9 Å². The summed E-state index contributed by atoms with van der Waals surface area (Å²) in [5.74, 6) is -0.937. The van der Waals surface area contributed by atoms with Gasteiger partial charge in [-0.3, -0.25) is 9.59 Å². The number of rotatable bonds is 0. The summed E-state index contributed by atoms with van der Waals surface area (Å²) in [6.07, 6.45) is 0.153. The number of fused-ring (bicyclic) bond motifs is 2. The van der Waals surface area contributed by atoms with Crippen LogP contribution in [0.3, 0.4) is 0 Å². The molecule has 2 N–H and O–H groups in total. The van der Waals surface area contributed by atoms with Gasteiger partial charge in [0, 0.05) is 23.6 Å². The van der Waals surface area contributed by atoms with Crippen molar-refractivity contribution in [3.8, 4) is 11.5 Å². The number of aryl methyl sites for hydroxylation is 2. The Hall–Kier alpha value is -2.36. The van der Waals surface area contributed by atoms with E-state index >= 15 is 0 Å². The van der Waals surface area contributed by atoms with E-state index in [1.807, 2.05) is 27.7 Å². The molecule has 0 saturated heterocycles. The summed E-state index contributed by atoms with van der Waals surface area (Å²) in [6, 6.07) is 0. The summed E-state index contributed by atoms with van der Waals surface area (Å²) in [6.45, 7) is 7.59. The highest BCUT2D eigenvalue weighted by Crippen LogP contribution is 2.46. The SMILES string of the molecule is Cc1c(C)c(C)c2c(O)c3c(c(O)c2c1C)C(=O)CCC3=O. The first-order valence-electron chi connectivity index (χ1n) is 7.31. The van der Waals surface area contributed by atoms with Crippen molar-refractivity contribution in [2.24, 2.45) is 0 Å². The predicted molar refractivity (Wildman–Crippen MR) is 84.1 cm³/mol. The number of hydrogen-bond donors (Lipinski definition) is 2. The molecule has 3 rings (SSSR count). The van der Waals surface area contributed by atoms with Gasteiger partial charge >= 0.3 is 0 Å². The van der Waals surface area contributed by atoms with Crippen LogP contribution in [0.4, 0.5) is 0 Å². The van der Waals surface area contributed by atoms with E-state index in [-0.39, 0.29) is 47.0 Å². The van der Waals surface area contributed by atoms with Crippen LogP contribution in [-0.4, -0.2) is 21.8 Å². The molecule has 0 bridgehead atoms. The number of phenols is 2. The van der Waals surface area contributed by atoms with E-state index in [9.17, 15) is 19.8 Å². The van der Waals surface area contributed by atoms with Crippen molar-refractivity contribution < 1.29 is 19.8 Å². The molecule has 0 fully saturated rings. The molecule has 4 nitrogen and oxygen atoms in total. The monoisotopic (exact) mass is 298 g/mol. The first kappa shape index (κ1) is 14.6. The molecule has 114 valence electrons. The standard InChI is InChI=1S/C18H18O4/c1-7-8(2)10(4)14-13(9(7)3)17(21)15-11(19)5-6-12(20)16(15)18(14)22/h21-22H,5-6H2,1-4H3. The molecule has 1 aliphatic carbocycles. The zero-order valence-electron chi connectivity index (χ0n) is 13.1. The van der Waals surface area contributed by atoms with Crippen molar-refractivity contribution in [1.29, 1.82) is 0 Å². The Kier molecular flexibility index (Phi) is 3.02. The van der Waals surface area contributed by atoms with Gasteiger partial charge in [0.25, 0.3) is 0 Å². The van der Waals surface area contributed by atoms with E-state index in [1.54, 1.807) is 0 Å². The minimum atomic E-state index is -0.292. The molecule has 1 aliphatic rings. The molecule has 0 radical (unpaired) electrons. The topological polar surface area (TPSA) is 74.6 Å². The van der Waals surface area contributed by atoms with E-state index < -0.39 is 0 Å². The first-order chi connectivity index (χ1) is 10.3. The molecule has 22 heavy (non-hydrogen) atoms. The molecule has 0 unspecified atom stereocenters. The van der Waals surface area contributed by atoms with Crippen molar-refractivity contribution in [2.45, 2.75) is 40.5 Å². The predicted octanol–water partition coefficient (Wildman–Crippen LogP) is 3.64. The Bertz CT molecular complexity index is 803. The van der Waals surface area contributed by atoms with Gasteiger partial charge in [0.15, 0.2) is 11.6 Å². The molecule has 0 heterocycles. The average molecular weight is 298 g/mol. The lowest BCUT2D eigenvalue weighted by Crippen LogP contribution is -2.18. The Balaban J connectivity index is 2.66. The van der Waals surface area contributed by atoms with Gasteiger partial charge in [0.2, 0.25) is 0 Å². The third kappa shape index (κ3) is 1.64. The second kappa shape index (κ2) is 4.57. The lowest BCUT2D eigenvalue weighted by Gasteiger charge is -2.22. The van der Waals surface area contributed by atoms with Crippen molar-refractivity contribution in [1.82, 2.24) is 0 Å². The highest BCUT2D eigenvalue weighted by Gasteiger charge is 2.33. The fraction of sp³-hybridized carbons (Fsp3) is 0.333. The minimum Gasteiger partial charge on any atom is -0.507 e. The largest absolute Gasteiger partial charge is 0.507 e. The van der Waals surface area contributed by atoms with Gasteiger partial charge in [-0.15, -0.1) is 0 Å². The fourth-order valence-electron chi connectivity index (χ4n) is 3.41. The van der Waals surface area contributed by atoms with Crippen LogP contribution < -0.4 is 0 Å². The summed E-state index contributed by atoms with van der Waals surface area (Å²) in [5, 5.41) is 22.2. The number of carbonyl (C=O) groups excluding carboxylic acids is 2. The maximum absolute atomic E-state index is 12.2. The number of carbonyl (C=O) groups is 2. The van der Waals surface area contributed by atoms with Gasteiger partial charge in [0.05, 0.1) is 11.1 Å². The lowest BCUT2D eigenvalue weighted by atomic mass is 9.82. The van der Waals surface area contributed by atoms with Crippen LogP contribution in [-0.2, 0) is 0 Å². The molecular formula is C18H18O4. The molecule has 0 amide bonds. The van der Waals surface area contributed by atoms with Crippen molar-refractivity contribution in [2.75, 3.05) is 0 Å². The Morgan fingerprint density at radius 1 is 0.636 bits per heavy atom. The van der Waals surface area contributed by atoms with Crippen LogP contribution in [0.1, 0.15) is 55.8 Å². The smallest absolute Gasteiger partial charge is 0.167 e. The number of Topliss-reactive ketones (excluding diaryl/α,β-unsaturated/α-hetero) is 2. The Morgan fingerprint density at radius 2 is 0.955 bits per heavy atom. The fourth-order valence-corrected chi connectivity index (χ4v) is 3.41. The summed E-state index contributed by atoms with van der Waals surface area (Å²) in [4.78, 5) is 24.3. The third-order valence-corrected chi connectivity index (χ3v) is 5.02. The molecular weight excluding hydrogens is 280 g/mol. The average Bonchev–Trinajstić information content (AvgIpc) is 2.48. The third-order valence-electron chi connectivity index (χ3n) is 5.02. The summed E-state index contributed by atoms with van der Waals surface area (Å²) in [5.41, 5.74) is 3.61. The minimum absolute atomic E-state index is 0.0213. The second-order valence-electron chi connectivity index (χ2n) is 6.04. The number of benzene rings is 2. The molecule has 0 saturated carbocycles. The molecule has 0 aliphatic heterocycles. The lowest BCUT2D eigenvalue weighted by molar-refractivity contribution is 0.0885. The summed E-state index contributed by atoms with van der Waals surface area (Å²) >= 11 is 0. The highest BCUT2D eigenvalue weighted by atomic mass is 16.3. The Morgan fingerprint density at radius 3 is 1.27 bits per heavy atom. The van der Waals surface area contributed by atoms with Crippen molar-refractivity contribution >= 4 is 22.3 Å². The molecule has 2 aromatic carbocycles. The molecule has 0 spiro atoms. The van der Waals surface area contributed by atoms with E-state index in [4.69, 9.17) is 0 Å². The Labute approximate surface area is 128 Å². The number of hydrogen-bond acceptors (Lipinski definition) is 4. The quantitative estimate of drug-likeness (QED) is 0.728. The van der Waals surface area contributed by atoms with Crippen LogP contribution in [0.25, 0.3) is 10.8 Å². The zero-order valence-corrected chi connectivity index (χ0v) is 13.1. The summed E-state index contributed by atoms with van der Waals surface area (Å²) < 4.78 is 0. The molecule has 2 aromatic rings. The van der Waals surface area contributed by atoms with Crippen LogP contribution in [0.2, 0.25) is 0 Å². The van der Waals surface area contributed by atoms with Crippen LogP contribution >= 0.6 is 0 Å². The van der Waals surface area contributed by atoms with Crippen molar-refractivity contribution in [3.05, 3.63) is 33.4 Å². The van der Waals surface area contributed by atoms with Gasteiger partial charge < -0.3 is 10.2 Å². The molecule has 0 atom stereocenters. The van der Waals surface area contributed by atoms with Gasteiger partial charge in [-0.25, -0.2) is 0 Å². The highest BCUT2D eigenvalue weighted by molar-refractivity contribution is 6.22. The van der Waals surface area contributed by atoms with Gasteiger partial charge in [-0.1, -0.05) is 0 Å². The van der Waals surface area contributed by atoms with Crippen LogP contribution in [0.5, 0.6) is 11.5 Å². The molecule has 4 heteroatoms. The maximum Gasteiger partial charge on any atom is 0.167 e. The van der Waals surface area contributed by atoms with E-state index in [2.05, 4.69) is 0 Å². The van der Waals surface area contributed by atoms with E-state index in [1.165, 1.54) is 0 Å². The van der Waals surface area contributed by atoms with Crippen molar-refractivity contribution in [3.63, 3.8) is 0 Å². The van der Waals surface area contributed by atoms with E-state index in [0.29, 0.717) is 10.8 Å². The summed E-state index contributed by atoms with van der Waals surface area (Å²) in [7, 11) is 0. The van der Waals surface area contributed by atoms with Crippen LogP contribution in [0, 0.1) is 27.7 Å². The molecule has 0 aromatic heterocycles. The number of aromatic hydroxyl groups is 2.